The molecule has 2 saturated carbocycles. The van der Waals surface area contributed by atoms with Crippen molar-refractivity contribution in [1.29, 1.82) is 0 Å². The summed E-state index contributed by atoms with van der Waals surface area (Å²) in [6.45, 7) is 7.92. The van der Waals surface area contributed by atoms with Crippen molar-refractivity contribution in [2.45, 2.75) is 65.0 Å². The molecule has 3 unspecified atom stereocenters. The minimum Gasteiger partial charge on any atom is -0.331 e. The largest absolute Gasteiger partial charge is 0.331 e. The average molecular weight is 273 g/mol. The van der Waals surface area contributed by atoms with Gasteiger partial charge in [-0.15, -0.1) is 0 Å². The molecule has 110 valence electrons. The molecule has 0 amide bonds. The molecule has 1 aromatic rings. The lowest BCUT2D eigenvalue weighted by Crippen LogP contribution is -2.27. The first-order chi connectivity index (χ1) is 9.72. The first-order valence-corrected chi connectivity index (χ1v) is 8.51. The van der Waals surface area contributed by atoms with E-state index in [9.17, 15) is 0 Å². The number of hydrogen-bond acceptors (Lipinski definition) is 2. The van der Waals surface area contributed by atoms with Crippen molar-refractivity contribution < 1.29 is 0 Å². The second-order valence-electron chi connectivity index (χ2n) is 7.49. The maximum Gasteiger partial charge on any atom is 0.111 e. The summed E-state index contributed by atoms with van der Waals surface area (Å²) in [6.07, 6.45) is 7.15. The van der Waals surface area contributed by atoms with Gasteiger partial charge in [-0.2, -0.15) is 0 Å². The third-order valence-corrected chi connectivity index (χ3v) is 5.83. The number of hydrogen-bond donors (Lipinski definition) is 1. The number of nitrogens with one attached hydrogen (secondary N) is 1. The van der Waals surface area contributed by atoms with Gasteiger partial charge in [0.05, 0.1) is 5.69 Å². The minimum absolute atomic E-state index is 0.541. The molecule has 2 bridgehead atoms. The highest BCUT2D eigenvalue weighted by atomic mass is 15.1. The summed E-state index contributed by atoms with van der Waals surface area (Å²) in [7, 11) is 0. The summed E-state index contributed by atoms with van der Waals surface area (Å²) in [5.74, 6) is 4.87. The number of imidazole rings is 1. The Morgan fingerprint density at radius 3 is 2.90 bits per heavy atom. The van der Waals surface area contributed by atoms with E-state index in [0.717, 1.165) is 37.3 Å². The van der Waals surface area contributed by atoms with Gasteiger partial charge in [0.15, 0.2) is 0 Å². The highest BCUT2D eigenvalue weighted by Gasteiger charge is 2.40. The molecule has 20 heavy (non-hydrogen) atoms. The Labute approximate surface area is 122 Å². The van der Waals surface area contributed by atoms with Gasteiger partial charge in [0.1, 0.15) is 5.82 Å². The van der Waals surface area contributed by atoms with Gasteiger partial charge in [-0.25, -0.2) is 4.98 Å². The van der Waals surface area contributed by atoms with Gasteiger partial charge in [0.2, 0.25) is 0 Å². The lowest BCUT2D eigenvalue weighted by atomic mass is 9.88. The van der Waals surface area contributed by atoms with Gasteiger partial charge in [-0.3, -0.25) is 0 Å². The zero-order chi connectivity index (χ0) is 13.7. The van der Waals surface area contributed by atoms with Crippen LogP contribution in [0.4, 0.5) is 0 Å². The molecule has 3 aliphatic rings. The predicted molar refractivity (Wildman–Crippen MR) is 80.7 cm³/mol. The van der Waals surface area contributed by atoms with Crippen LogP contribution < -0.4 is 5.32 Å². The van der Waals surface area contributed by atoms with Crippen molar-refractivity contribution in [2.24, 2.45) is 17.8 Å². The topological polar surface area (TPSA) is 29.9 Å². The molecular formula is C17H27N3. The molecule has 0 aromatic carbocycles. The molecule has 3 heteroatoms. The molecule has 3 atom stereocenters. The molecule has 4 rings (SSSR count). The van der Waals surface area contributed by atoms with Crippen LogP contribution in [0.5, 0.6) is 0 Å². The molecule has 1 aliphatic heterocycles. The zero-order valence-electron chi connectivity index (χ0n) is 12.9. The number of aromatic nitrogens is 2. The van der Waals surface area contributed by atoms with E-state index in [0.29, 0.717) is 5.92 Å². The lowest BCUT2D eigenvalue weighted by Gasteiger charge is -2.25. The van der Waals surface area contributed by atoms with E-state index in [1.165, 1.54) is 49.4 Å². The molecule has 2 aliphatic carbocycles. The molecule has 2 fully saturated rings. The van der Waals surface area contributed by atoms with Crippen molar-refractivity contribution in [3.63, 3.8) is 0 Å². The van der Waals surface area contributed by atoms with Gasteiger partial charge >= 0.3 is 0 Å². The quantitative estimate of drug-likeness (QED) is 0.917. The Morgan fingerprint density at radius 2 is 2.20 bits per heavy atom. The van der Waals surface area contributed by atoms with E-state index >= 15 is 0 Å². The van der Waals surface area contributed by atoms with Gasteiger partial charge < -0.3 is 9.88 Å². The average Bonchev–Trinajstić information content (AvgIpc) is 3.13. The second-order valence-corrected chi connectivity index (χ2v) is 7.49. The van der Waals surface area contributed by atoms with Gasteiger partial charge in [0.25, 0.3) is 0 Å². The van der Waals surface area contributed by atoms with Crippen LogP contribution in [0.15, 0.2) is 0 Å². The Bertz CT molecular complexity index is 503. The number of rotatable bonds is 3. The summed E-state index contributed by atoms with van der Waals surface area (Å²) in [4.78, 5) is 4.95. The number of fused-ring (bicyclic) bond motifs is 3. The van der Waals surface area contributed by atoms with E-state index in [1.54, 1.807) is 0 Å². The smallest absolute Gasteiger partial charge is 0.111 e. The fraction of sp³-hybridized carbons (Fsp3) is 0.824. The SMILES string of the molecule is CC(C)c1nc2c(n1CC1CC3CCC1C3)CCNC2. The summed E-state index contributed by atoms with van der Waals surface area (Å²) >= 11 is 0. The van der Waals surface area contributed by atoms with Crippen LogP contribution in [0.3, 0.4) is 0 Å². The van der Waals surface area contributed by atoms with Crippen LogP contribution in [-0.4, -0.2) is 16.1 Å². The molecule has 1 aromatic heterocycles. The van der Waals surface area contributed by atoms with Crippen molar-refractivity contribution in [2.75, 3.05) is 6.54 Å². The molecular weight excluding hydrogens is 246 g/mol. The molecule has 0 radical (unpaired) electrons. The fourth-order valence-electron chi connectivity index (χ4n) is 4.87. The standard InChI is InChI=1S/C17H27N3/c1-11(2)17-19-15-9-18-6-5-16(15)20(17)10-14-8-12-3-4-13(14)7-12/h11-14,18H,3-10H2,1-2H3. The van der Waals surface area contributed by atoms with Crippen molar-refractivity contribution >= 4 is 0 Å². The highest BCUT2D eigenvalue weighted by molar-refractivity contribution is 5.22. The second kappa shape index (κ2) is 4.87. The Hall–Kier alpha value is -0.830. The van der Waals surface area contributed by atoms with Crippen LogP contribution in [0.25, 0.3) is 0 Å². The molecule has 1 N–H and O–H groups in total. The Kier molecular flexibility index (Phi) is 3.13. The monoisotopic (exact) mass is 273 g/mol. The van der Waals surface area contributed by atoms with Gasteiger partial charge in [-0.05, 0) is 37.0 Å². The van der Waals surface area contributed by atoms with Crippen molar-refractivity contribution in [3.8, 4) is 0 Å². The van der Waals surface area contributed by atoms with E-state index in [2.05, 4.69) is 23.7 Å². The fourth-order valence-corrected chi connectivity index (χ4v) is 4.87. The third kappa shape index (κ3) is 2.02. The van der Waals surface area contributed by atoms with E-state index in [-0.39, 0.29) is 0 Å². The maximum absolute atomic E-state index is 4.95. The molecule has 0 spiro atoms. The van der Waals surface area contributed by atoms with Crippen molar-refractivity contribution in [3.05, 3.63) is 17.2 Å². The summed E-state index contributed by atoms with van der Waals surface area (Å²) in [5.41, 5.74) is 2.86. The number of nitrogens with zero attached hydrogens (tertiary/aromatic N) is 2. The van der Waals surface area contributed by atoms with Crippen LogP contribution in [0.1, 0.15) is 62.7 Å². The van der Waals surface area contributed by atoms with Crippen LogP contribution in [-0.2, 0) is 19.5 Å². The van der Waals surface area contributed by atoms with E-state index < -0.39 is 0 Å². The lowest BCUT2D eigenvalue weighted by molar-refractivity contribution is 0.288. The van der Waals surface area contributed by atoms with E-state index in [1.807, 2.05) is 0 Å². The zero-order valence-corrected chi connectivity index (χ0v) is 12.9. The van der Waals surface area contributed by atoms with Crippen molar-refractivity contribution in [1.82, 2.24) is 14.9 Å². The van der Waals surface area contributed by atoms with Crippen LogP contribution in [0, 0.1) is 17.8 Å². The van der Waals surface area contributed by atoms with Gasteiger partial charge in [0, 0.05) is 37.7 Å². The Morgan fingerprint density at radius 1 is 1.30 bits per heavy atom. The first kappa shape index (κ1) is 12.9. The molecule has 2 heterocycles. The van der Waals surface area contributed by atoms with Crippen LogP contribution in [0.2, 0.25) is 0 Å². The van der Waals surface area contributed by atoms with Gasteiger partial charge in [-0.1, -0.05) is 20.3 Å². The predicted octanol–water partition coefficient (Wildman–Crippen LogP) is 3.09. The first-order valence-electron chi connectivity index (χ1n) is 8.51. The summed E-state index contributed by atoms with van der Waals surface area (Å²) in [6, 6.07) is 0. The Balaban J connectivity index is 1.64. The molecule has 0 saturated heterocycles. The van der Waals surface area contributed by atoms with Crippen LogP contribution >= 0.6 is 0 Å². The van der Waals surface area contributed by atoms with E-state index in [4.69, 9.17) is 4.98 Å². The highest BCUT2D eigenvalue weighted by Crippen LogP contribution is 2.49. The summed E-state index contributed by atoms with van der Waals surface area (Å²) < 4.78 is 2.62. The third-order valence-electron chi connectivity index (χ3n) is 5.83. The minimum atomic E-state index is 0.541. The maximum atomic E-state index is 4.95. The molecule has 3 nitrogen and oxygen atoms in total. The normalized spacial score (nSPS) is 32.0. The summed E-state index contributed by atoms with van der Waals surface area (Å²) in [5, 5.41) is 3.47.